The summed E-state index contributed by atoms with van der Waals surface area (Å²) in [4.78, 5) is 17.1. The lowest BCUT2D eigenvalue weighted by atomic mass is 10.1. The number of para-hydroxylation sites is 1. The van der Waals surface area contributed by atoms with E-state index in [0.717, 1.165) is 37.8 Å². The number of hydrogen-bond acceptors (Lipinski definition) is 3. The fourth-order valence-electron chi connectivity index (χ4n) is 3.60. The van der Waals surface area contributed by atoms with Crippen LogP contribution in [0.3, 0.4) is 0 Å². The highest BCUT2D eigenvalue weighted by Gasteiger charge is 2.28. The first-order valence-electron chi connectivity index (χ1n) is 8.05. The Morgan fingerprint density at radius 2 is 1.81 bits per heavy atom. The molecule has 4 nitrogen and oxygen atoms in total. The minimum absolute atomic E-state index is 0.0854. The zero-order valence-electron chi connectivity index (χ0n) is 12.8. The smallest absolute Gasteiger partial charge is 0.256 e. The first-order valence-corrected chi connectivity index (χ1v) is 8.05. The molecule has 0 aromatic heterocycles. The Labute approximate surface area is 126 Å². The van der Waals surface area contributed by atoms with Crippen molar-refractivity contribution in [3.05, 3.63) is 29.3 Å². The number of benzene rings is 1. The van der Waals surface area contributed by atoms with Gasteiger partial charge in [-0.1, -0.05) is 25.0 Å². The lowest BCUT2D eigenvalue weighted by Crippen LogP contribution is -2.51. The number of aryl methyl sites for hydroxylation is 1. The number of nitrogens with two attached hydrogens (primary N) is 1. The normalized spacial score (nSPS) is 20.9. The van der Waals surface area contributed by atoms with Gasteiger partial charge >= 0.3 is 0 Å². The molecule has 1 aliphatic carbocycles. The molecule has 0 radical (unpaired) electrons. The average Bonchev–Trinajstić information content (AvgIpc) is 3.04. The van der Waals surface area contributed by atoms with Gasteiger partial charge < -0.3 is 10.6 Å². The summed E-state index contributed by atoms with van der Waals surface area (Å²) in [5.41, 5.74) is 8.32. The molecule has 0 unspecified atom stereocenters. The van der Waals surface area contributed by atoms with Crippen LogP contribution in [-0.4, -0.2) is 47.9 Å². The van der Waals surface area contributed by atoms with Gasteiger partial charge in [-0.15, -0.1) is 0 Å². The van der Waals surface area contributed by atoms with E-state index in [1.807, 2.05) is 30.0 Å². The molecule has 1 heterocycles. The van der Waals surface area contributed by atoms with Crippen LogP contribution >= 0.6 is 0 Å². The molecular formula is C17H25N3O. The van der Waals surface area contributed by atoms with Crippen LogP contribution in [-0.2, 0) is 0 Å². The van der Waals surface area contributed by atoms with Gasteiger partial charge in [0.25, 0.3) is 5.91 Å². The highest BCUT2D eigenvalue weighted by Crippen LogP contribution is 2.25. The van der Waals surface area contributed by atoms with E-state index in [1.165, 1.54) is 25.7 Å². The molecular weight excluding hydrogens is 262 g/mol. The monoisotopic (exact) mass is 287 g/mol. The van der Waals surface area contributed by atoms with E-state index in [0.29, 0.717) is 11.3 Å². The fourth-order valence-corrected chi connectivity index (χ4v) is 3.60. The fraction of sp³-hybridized carbons (Fsp3) is 0.588. The van der Waals surface area contributed by atoms with Crippen LogP contribution in [0.2, 0.25) is 0 Å². The lowest BCUT2D eigenvalue weighted by molar-refractivity contribution is 0.0574. The molecule has 1 saturated carbocycles. The topological polar surface area (TPSA) is 49.6 Å². The number of piperazine rings is 1. The standard InChI is InChI=1S/C17H25N3O/c1-13-5-4-8-15(16(13)18)17(21)20-11-9-19(10-12-20)14-6-2-3-7-14/h4-5,8,14H,2-3,6-7,9-12,18H2,1H3. The summed E-state index contributed by atoms with van der Waals surface area (Å²) in [5.74, 6) is 0.0854. The Balaban J connectivity index is 1.63. The summed E-state index contributed by atoms with van der Waals surface area (Å²) in [6, 6.07) is 6.46. The Morgan fingerprint density at radius 1 is 1.14 bits per heavy atom. The zero-order valence-corrected chi connectivity index (χ0v) is 12.8. The van der Waals surface area contributed by atoms with Crippen LogP contribution in [0.15, 0.2) is 18.2 Å². The number of carbonyl (C=O) groups excluding carboxylic acids is 1. The molecule has 2 aliphatic rings. The van der Waals surface area contributed by atoms with Crippen molar-refractivity contribution in [1.29, 1.82) is 0 Å². The van der Waals surface area contributed by atoms with E-state index in [-0.39, 0.29) is 5.91 Å². The Hall–Kier alpha value is -1.55. The molecule has 0 bridgehead atoms. The quantitative estimate of drug-likeness (QED) is 0.849. The van der Waals surface area contributed by atoms with Gasteiger partial charge in [0.2, 0.25) is 0 Å². The molecule has 21 heavy (non-hydrogen) atoms. The van der Waals surface area contributed by atoms with E-state index in [4.69, 9.17) is 5.73 Å². The van der Waals surface area contributed by atoms with Crippen LogP contribution in [0.5, 0.6) is 0 Å². The third kappa shape index (κ3) is 2.91. The largest absolute Gasteiger partial charge is 0.398 e. The molecule has 1 aromatic carbocycles. The van der Waals surface area contributed by atoms with Crippen molar-refractivity contribution in [1.82, 2.24) is 9.80 Å². The number of amides is 1. The van der Waals surface area contributed by atoms with E-state index in [1.54, 1.807) is 0 Å². The third-order valence-corrected chi connectivity index (χ3v) is 5.00. The second kappa shape index (κ2) is 6.06. The van der Waals surface area contributed by atoms with E-state index >= 15 is 0 Å². The number of nitrogens with zero attached hydrogens (tertiary/aromatic N) is 2. The van der Waals surface area contributed by atoms with Crippen molar-refractivity contribution in [2.24, 2.45) is 0 Å². The molecule has 1 aliphatic heterocycles. The van der Waals surface area contributed by atoms with Gasteiger partial charge in [-0.25, -0.2) is 0 Å². The molecule has 1 amide bonds. The van der Waals surface area contributed by atoms with Crippen molar-refractivity contribution in [3.8, 4) is 0 Å². The number of hydrogen-bond donors (Lipinski definition) is 1. The summed E-state index contributed by atoms with van der Waals surface area (Å²) < 4.78 is 0. The van der Waals surface area contributed by atoms with Gasteiger partial charge in [-0.3, -0.25) is 9.69 Å². The van der Waals surface area contributed by atoms with Crippen molar-refractivity contribution in [3.63, 3.8) is 0 Å². The summed E-state index contributed by atoms with van der Waals surface area (Å²) in [5, 5.41) is 0. The van der Waals surface area contributed by atoms with Crippen LogP contribution in [0, 0.1) is 6.92 Å². The number of anilines is 1. The predicted octanol–water partition coefficient (Wildman–Crippen LogP) is 2.28. The van der Waals surface area contributed by atoms with Gasteiger partial charge in [-0.05, 0) is 31.4 Å². The molecule has 0 atom stereocenters. The highest BCUT2D eigenvalue weighted by molar-refractivity contribution is 5.99. The molecule has 114 valence electrons. The molecule has 4 heteroatoms. The van der Waals surface area contributed by atoms with E-state index in [9.17, 15) is 4.79 Å². The summed E-state index contributed by atoms with van der Waals surface area (Å²) in [7, 11) is 0. The number of nitrogen functional groups attached to an aromatic ring is 1. The summed E-state index contributed by atoms with van der Waals surface area (Å²) in [6.07, 6.45) is 5.39. The summed E-state index contributed by atoms with van der Waals surface area (Å²) >= 11 is 0. The third-order valence-electron chi connectivity index (χ3n) is 5.00. The van der Waals surface area contributed by atoms with Crippen molar-refractivity contribution >= 4 is 11.6 Å². The Kier molecular flexibility index (Phi) is 4.15. The Morgan fingerprint density at radius 3 is 2.48 bits per heavy atom. The zero-order chi connectivity index (χ0) is 14.8. The van der Waals surface area contributed by atoms with Crippen LogP contribution in [0.4, 0.5) is 5.69 Å². The first-order chi connectivity index (χ1) is 10.2. The first kappa shape index (κ1) is 14.4. The molecule has 2 N–H and O–H groups in total. The molecule has 1 saturated heterocycles. The van der Waals surface area contributed by atoms with Crippen LogP contribution in [0.25, 0.3) is 0 Å². The van der Waals surface area contributed by atoms with Gasteiger partial charge in [0, 0.05) is 37.9 Å². The molecule has 3 rings (SSSR count). The van der Waals surface area contributed by atoms with Gasteiger partial charge in [-0.2, -0.15) is 0 Å². The lowest BCUT2D eigenvalue weighted by Gasteiger charge is -2.38. The van der Waals surface area contributed by atoms with Gasteiger partial charge in [0.1, 0.15) is 0 Å². The number of carbonyl (C=O) groups is 1. The minimum atomic E-state index is 0.0854. The van der Waals surface area contributed by atoms with Crippen LogP contribution < -0.4 is 5.73 Å². The maximum Gasteiger partial charge on any atom is 0.256 e. The van der Waals surface area contributed by atoms with Gasteiger partial charge in [0.15, 0.2) is 0 Å². The highest BCUT2D eigenvalue weighted by atomic mass is 16.2. The second-order valence-electron chi connectivity index (χ2n) is 6.30. The SMILES string of the molecule is Cc1cccc(C(=O)N2CCN(C3CCCC3)CC2)c1N. The summed E-state index contributed by atoms with van der Waals surface area (Å²) in [6.45, 7) is 5.60. The predicted molar refractivity (Wildman–Crippen MR) is 85.3 cm³/mol. The maximum absolute atomic E-state index is 12.6. The molecule has 2 fully saturated rings. The molecule has 0 spiro atoms. The minimum Gasteiger partial charge on any atom is -0.398 e. The van der Waals surface area contributed by atoms with Crippen LogP contribution in [0.1, 0.15) is 41.6 Å². The molecule has 1 aromatic rings. The Bertz CT molecular complexity index is 515. The second-order valence-corrected chi connectivity index (χ2v) is 6.30. The van der Waals surface area contributed by atoms with E-state index in [2.05, 4.69) is 4.90 Å². The van der Waals surface area contributed by atoms with Gasteiger partial charge in [0.05, 0.1) is 5.56 Å². The average molecular weight is 287 g/mol. The maximum atomic E-state index is 12.6. The number of rotatable bonds is 2. The van der Waals surface area contributed by atoms with Crippen molar-refractivity contribution in [2.75, 3.05) is 31.9 Å². The van der Waals surface area contributed by atoms with E-state index < -0.39 is 0 Å². The van der Waals surface area contributed by atoms with Crippen molar-refractivity contribution < 1.29 is 4.79 Å². The van der Waals surface area contributed by atoms with Crippen molar-refractivity contribution in [2.45, 2.75) is 38.6 Å².